The Morgan fingerprint density at radius 3 is 0.300 bits per heavy atom. The van der Waals surface area contributed by atoms with Crippen LogP contribution in [0.2, 0.25) is 33.2 Å². The van der Waals surface area contributed by atoms with Crippen molar-refractivity contribution in [1.82, 2.24) is 0 Å². The lowest BCUT2D eigenvalue weighted by Crippen LogP contribution is -2.43. The fraction of sp³-hybridized carbons (Fsp3) is 0.611. The van der Waals surface area contributed by atoms with Crippen molar-refractivity contribution in [2.75, 3.05) is 0 Å². The van der Waals surface area contributed by atoms with Gasteiger partial charge in [0.25, 0.3) is 0 Å². The number of rotatable bonds is 6. The number of hydrogen-bond donors (Lipinski definition) is 0. The van der Waals surface area contributed by atoms with Gasteiger partial charge in [-0.3, -0.25) is 0 Å². The molecule has 0 amide bonds. The molecule has 0 aromatic heterocycles. The Hall–Kier alpha value is -7.73. The maximum absolute atomic E-state index is 3.95. The van der Waals surface area contributed by atoms with Crippen LogP contribution >= 0.6 is 0 Å². The molecule has 0 nitrogen and oxygen atoms in total. The molecule has 0 spiro atoms. The molecule has 0 aliphatic carbocycles. The van der Waals surface area contributed by atoms with Crippen LogP contribution in [-0.4, -0.2) is 16.1 Å². The zero-order valence-electron chi connectivity index (χ0n) is 79.5. The molecule has 0 atom stereocenters. The highest BCUT2D eigenvalue weighted by molar-refractivity contribution is 6.91. The molecular weight excluding hydrogens is 1350 g/mol. The maximum atomic E-state index is 3.95. The Balaban J connectivity index is 8.82. The Morgan fingerprint density at radius 1 is 0.145 bits per heavy atom. The van der Waals surface area contributed by atoms with E-state index in [9.17, 15) is 0 Å². The third kappa shape index (κ3) is 33.7. The molecule has 0 heterocycles. The van der Waals surface area contributed by atoms with E-state index in [0.29, 0.717) is 33.2 Å². The molecular formula is C108H150Si2. The van der Waals surface area contributed by atoms with Gasteiger partial charge in [-0.25, -0.2) is 0 Å². The van der Waals surface area contributed by atoms with Gasteiger partial charge in [0.2, 0.25) is 0 Å². The zero-order valence-corrected chi connectivity index (χ0v) is 81.5. The van der Waals surface area contributed by atoms with Gasteiger partial charge in [0.1, 0.15) is 16.1 Å². The van der Waals surface area contributed by atoms with Crippen molar-refractivity contribution in [1.29, 1.82) is 0 Å². The summed E-state index contributed by atoms with van der Waals surface area (Å²) in [7, 11) is -3.96. The molecule has 0 aromatic carbocycles. The maximum Gasteiger partial charge on any atom is 0.146 e. The van der Waals surface area contributed by atoms with E-state index in [-0.39, 0.29) is 65.0 Å². The monoisotopic (exact) mass is 1500 g/mol. The van der Waals surface area contributed by atoms with Crippen LogP contribution in [0.15, 0.2) is 101 Å². The third-order valence-electron chi connectivity index (χ3n) is 19.2. The van der Waals surface area contributed by atoms with Crippen molar-refractivity contribution < 1.29 is 0 Å². The highest BCUT2D eigenvalue weighted by atomic mass is 28.3. The van der Waals surface area contributed by atoms with Crippen molar-refractivity contribution >= 4 is 16.1 Å². The average molecular weight is 1500 g/mol. The standard InChI is InChI=1S/C108H150Si2/c1-79(2)109(80(3)4,81(5)6)71-69-95(107(43,44)45)77-93(105(37,38)39)67-57-55-65-91(103(31,32)33)75-89(101(25,26)27)63-53-51-61-87(99(19,20)21)73-85(97(13,14)15)59-49-50-60-86(98(16,17)18)74-88(100(22,23)24)62-52-54-64-90(102(28,29)30)76-92(104(34,35)36)66-56-58-68-94(106(40,41)42)78-96(108(46,47)48)70-72-110(82(7)8,83(9)10)84(11)12/h79-84H,1-48H3. The first-order chi connectivity index (χ1) is 49.1. The predicted molar refractivity (Wildman–Crippen MR) is 492 cm³/mol. The Bertz CT molecular complexity index is 4320. The lowest BCUT2D eigenvalue weighted by atomic mass is 9.82. The van der Waals surface area contributed by atoms with Gasteiger partial charge < -0.3 is 0 Å². The van der Waals surface area contributed by atoms with Gasteiger partial charge in [-0.15, -0.1) is 11.1 Å². The summed E-state index contributed by atoms with van der Waals surface area (Å²) in [5, 5.41) is 0. The highest BCUT2D eigenvalue weighted by Gasteiger charge is 2.43. The van der Waals surface area contributed by atoms with Crippen LogP contribution in [0.1, 0.15) is 332 Å². The Labute approximate surface area is 684 Å². The van der Waals surface area contributed by atoms with Gasteiger partial charge >= 0.3 is 0 Å². The molecule has 0 unspecified atom stereocenters. The van der Waals surface area contributed by atoms with Crippen LogP contribution in [0, 0.1) is 206 Å². The first-order valence-corrected chi connectivity index (χ1v) is 44.9. The summed E-state index contributed by atoms with van der Waals surface area (Å²) in [6.07, 6.45) is 0. The summed E-state index contributed by atoms with van der Waals surface area (Å²) in [6, 6.07) is 0. The second kappa shape index (κ2) is 39.6. The molecule has 590 valence electrons. The minimum Gasteiger partial charge on any atom is -0.125 e. The molecule has 0 fully saturated rings. The van der Waals surface area contributed by atoms with Crippen molar-refractivity contribution in [3.05, 3.63) is 101 Å². The molecule has 0 N–H and O–H groups in total. The molecule has 0 aliphatic heterocycles. The summed E-state index contributed by atoms with van der Waals surface area (Å²) in [5.41, 5.74) is 39.5. The second-order valence-corrected chi connectivity index (χ2v) is 55.2. The van der Waals surface area contributed by atoms with E-state index >= 15 is 0 Å². The van der Waals surface area contributed by atoms with Gasteiger partial charge in [0, 0.05) is 76.1 Å². The Morgan fingerprint density at radius 2 is 0.227 bits per heavy atom. The molecule has 0 saturated heterocycles. The van der Waals surface area contributed by atoms with Crippen molar-refractivity contribution in [3.63, 3.8) is 0 Å². The van der Waals surface area contributed by atoms with Gasteiger partial charge in [-0.2, -0.15) is 0 Å². The third-order valence-corrected chi connectivity index (χ3v) is 31.8. The fourth-order valence-electron chi connectivity index (χ4n) is 11.8. The molecule has 0 rings (SSSR count). The van der Waals surface area contributed by atoms with Crippen LogP contribution in [0.3, 0.4) is 0 Å². The smallest absolute Gasteiger partial charge is 0.125 e. The molecule has 110 heavy (non-hydrogen) atoms. The van der Waals surface area contributed by atoms with Crippen LogP contribution in [0.25, 0.3) is 0 Å². The van der Waals surface area contributed by atoms with E-state index in [2.05, 4.69) is 508 Å². The van der Waals surface area contributed by atoms with E-state index < -0.39 is 16.1 Å². The normalized spacial score (nSPS) is 11.9. The Kier molecular flexibility index (Phi) is 36.9. The first-order valence-electron chi connectivity index (χ1n) is 40.4. The van der Waals surface area contributed by atoms with Crippen LogP contribution in [-0.2, 0) is 0 Å². The van der Waals surface area contributed by atoms with E-state index in [4.69, 9.17) is 0 Å². The van der Waals surface area contributed by atoms with Crippen molar-refractivity contribution in [2.45, 2.75) is 366 Å². The molecule has 0 aromatic rings. The van der Waals surface area contributed by atoms with Crippen LogP contribution in [0.5, 0.6) is 0 Å². The fourth-order valence-corrected chi connectivity index (χ4v) is 22.2. The van der Waals surface area contributed by atoms with E-state index in [1.807, 2.05) is 0 Å². The van der Waals surface area contributed by atoms with Gasteiger partial charge in [-0.05, 0) is 152 Å². The minimum atomic E-state index is -1.98. The second-order valence-electron chi connectivity index (χ2n) is 44.0. The van der Waals surface area contributed by atoms with E-state index in [1.54, 1.807) is 0 Å². The molecule has 0 saturated carbocycles. The van der Waals surface area contributed by atoms with Crippen molar-refractivity contribution in [3.8, 4) is 141 Å². The predicted octanol–water partition coefficient (Wildman–Crippen LogP) is 28.7. The van der Waals surface area contributed by atoms with E-state index in [1.165, 1.54) is 0 Å². The number of allylic oxidation sites excluding steroid dienone is 6. The quantitative estimate of drug-likeness (QED) is 0.141. The largest absolute Gasteiger partial charge is 0.146 e. The number of hydrogen-bond acceptors (Lipinski definition) is 0. The summed E-state index contributed by atoms with van der Waals surface area (Å²) < 4.78 is 0. The lowest BCUT2D eigenvalue weighted by molar-refractivity contribution is 0.508. The van der Waals surface area contributed by atoms with Crippen LogP contribution < -0.4 is 0 Å². The topological polar surface area (TPSA) is 0 Å². The van der Waals surface area contributed by atoms with Gasteiger partial charge in [-0.1, -0.05) is 379 Å². The first kappa shape index (κ1) is 102. The van der Waals surface area contributed by atoms with Gasteiger partial charge in [0.15, 0.2) is 0 Å². The lowest BCUT2D eigenvalue weighted by Gasteiger charge is -2.38. The SMILES string of the molecule is CC(C)[Si](C#CC(=C=C(C#CC#CC(=C=C(C#CC#CC(=C=C(C#CC#CC(=C=C(C#CC#CC(=C=C(C#CC#CC(=C=C(C#C[Si](C(C)C)(C(C)C)C(C)C)C(C)(C)C)C(C)(C)C)C(C)(C)C)C(C)(C)C)C(C)(C)C)C(C)(C)C)C(C)(C)C)C(C)(C)C)C(C)(C)C)C(C)(C)C)C(C)(C)C)C(C)(C)C)(C(C)C)C(C)C. The summed E-state index contributed by atoms with van der Waals surface area (Å²) >= 11 is 0. The van der Waals surface area contributed by atoms with Crippen LogP contribution in [0.4, 0.5) is 0 Å². The molecule has 0 aliphatic rings. The minimum absolute atomic E-state index is 0.216. The molecule has 2 heteroatoms. The summed E-state index contributed by atoms with van der Waals surface area (Å²) in [4.78, 5) is 0. The zero-order chi connectivity index (χ0) is 86.6. The molecule has 0 bridgehead atoms. The van der Waals surface area contributed by atoms with E-state index in [0.717, 1.165) is 66.9 Å². The summed E-state index contributed by atoms with van der Waals surface area (Å²) in [6.45, 7) is 106. The van der Waals surface area contributed by atoms with Gasteiger partial charge in [0.05, 0.1) is 55.7 Å². The average Bonchev–Trinajstić information content (AvgIpc) is 0.798. The highest BCUT2D eigenvalue weighted by Crippen LogP contribution is 2.44. The summed E-state index contributed by atoms with van der Waals surface area (Å²) in [5.74, 6) is 73.7. The molecule has 0 radical (unpaired) electrons. The van der Waals surface area contributed by atoms with Crippen molar-refractivity contribution in [2.24, 2.45) is 65.0 Å².